The Morgan fingerprint density at radius 2 is 2.06 bits per heavy atom. The van der Waals surface area contributed by atoms with Gasteiger partial charge in [-0.1, -0.05) is 13.0 Å². The lowest BCUT2D eigenvalue weighted by atomic mass is 10.0. The molecule has 1 N–H and O–H groups in total. The summed E-state index contributed by atoms with van der Waals surface area (Å²) in [5.74, 6) is 0.212. The Bertz CT molecular complexity index is 253. The van der Waals surface area contributed by atoms with Crippen molar-refractivity contribution in [2.45, 2.75) is 52.5 Å². The summed E-state index contributed by atoms with van der Waals surface area (Å²) in [4.78, 5) is 13.8. The number of carbonyl (C=O) groups is 1. The van der Waals surface area contributed by atoms with Gasteiger partial charge in [0.2, 0.25) is 5.91 Å². The molecule has 0 aromatic rings. The molecule has 0 radical (unpaired) electrons. The van der Waals surface area contributed by atoms with E-state index in [0.29, 0.717) is 12.5 Å². The Morgan fingerprint density at radius 3 is 2.56 bits per heavy atom. The van der Waals surface area contributed by atoms with Gasteiger partial charge in [0.15, 0.2) is 0 Å². The smallest absolute Gasteiger partial charge is 0.220 e. The van der Waals surface area contributed by atoms with Crippen molar-refractivity contribution in [2.75, 3.05) is 13.1 Å². The zero-order chi connectivity index (χ0) is 12.0. The zero-order valence-corrected chi connectivity index (χ0v) is 10.8. The standard InChI is InChI=1S/C13H24N2O/c1-4-6-13(16)14-12-7-9-15(10-8-12)11(3)5-2/h5,12H,4,6-10H2,1-3H3,(H,14,16). The quantitative estimate of drug-likeness (QED) is 0.794. The number of nitrogens with one attached hydrogen (secondary N) is 1. The van der Waals surface area contributed by atoms with E-state index in [-0.39, 0.29) is 5.91 Å². The molecule has 0 aromatic carbocycles. The third kappa shape index (κ3) is 3.87. The van der Waals surface area contributed by atoms with Gasteiger partial charge in [-0.3, -0.25) is 4.79 Å². The van der Waals surface area contributed by atoms with Crippen LogP contribution in [0.25, 0.3) is 0 Å². The maximum absolute atomic E-state index is 11.4. The molecule has 1 amide bonds. The summed E-state index contributed by atoms with van der Waals surface area (Å²) >= 11 is 0. The van der Waals surface area contributed by atoms with Crippen LogP contribution in [0.3, 0.4) is 0 Å². The highest BCUT2D eigenvalue weighted by Gasteiger charge is 2.19. The van der Waals surface area contributed by atoms with Crippen LogP contribution < -0.4 is 5.32 Å². The molecular formula is C13H24N2O. The Balaban J connectivity index is 2.29. The first-order valence-electron chi connectivity index (χ1n) is 6.34. The van der Waals surface area contributed by atoms with Gasteiger partial charge in [-0.15, -0.1) is 0 Å². The lowest BCUT2D eigenvalue weighted by Gasteiger charge is -2.34. The monoisotopic (exact) mass is 224 g/mol. The Kier molecular flexibility index (Phi) is 5.36. The van der Waals surface area contributed by atoms with Gasteiger partial charge in [-0.05, 0) is 33.1 Å². The molecule has 0 saturated carbocycles. The van der Waals surface area contributed by atoms with Crippen molar-refractivity contribution < 1.29 is 4.79 Å². The summed E-state index contributed by atoms with van der Waals surface area (Å²) in [5.41, 5.74) is 1.35. The van der Waals surface area contributed by atoms with E-state index in [1.807, 2.05) is 6.92 Å². The maximum Gasteiger partial charge on any atom is 0.220 e. The summed E-state index contributed by atoms with van der Waals surface area (Å²) in [6.45, 7) is 8.39. The molecule has 1 fully saturated rings. The number of hydrogen-bond acceptors (Lipinski definition) is 2. The zero-order valence-electron chi connectivity index (χ0n) is 10.8. The second-order valence-corrected chi connectivity index (χ2v) is 4.51. The molecular weight excluding hydrogens is 200 g/mol. The fourth-order valence-corrected chi connectivity index (χ4v) is 2.09. The molecule has 0 aromatic heterocycles. The van der Waals surface area contributed by atoms with Crippen LogP contribution in [0.1, 0.15) is 46.5 Å². The first kappa shape index (κ1) is 13.1. The normalized spacial score (nSPS) is 18.7. The van der Waals surface area contributed by atoms with Gasteiger partial charge in [0, 0.05) is 31.2 Å². The highest BCUT2D eigenvalue weighted by molar-refractivity contribution is 5.76. The summed E-state index contributed by atoms with van der Waals surface area (Å²) in [6.07, 6.45) is 5.88. The number of carbonyl (C=O) groups excluding carboxylic acids is 1. The lowest BCUT2D eigenvalue weighted by molar-refractivity contribution is -0.122. The predicted octanol–water partition coefficient (Wildman–Crippen LogP) is 2.29. The van der Waals surface area contributed by atoms with E-state index in [4.69, 9.17) is 0 Å². The minimum absolute atomic E-state index is 0.212. The molecule has 0 unspecified atom stereocenters. The number of amides is 1. The van der Waals surface area contributed by atoms with Crippen LogP contribution >= 0.6 is 0 Å². The first-order chi connectivity index (χ1) is 7.67. The van der Waals surface area contributed by atoms with Crippen LogP contribution in [0, 0.1) is 0 Å². The Morgan fingerprint density at radius 1 is 1.44 bits per heavy atom. The highest BCUT2D eigenvalue weighted by atomic mass is 16.1. The lowest BCUT2D eigenvalue weighted by Crippen LogP contribution is -2.43. The minimum Gasteiger partial charge on any atom is -0.375 e. The van der Waals surface area contributed by atoms with E-state index in [0.717, 1.165) is 32.4 Å². The van der Waals surface area contributed by atoms with Gasteiger partial charge in [0.1, 0.15) is 0 Å². The molecule has 1 heterocycles. The van der Waals surface area contributed by atoms with Crippen molar-refractivity contribution in [1.82, 2.24) is 10.2 Å². The number of hydrogen-bond donors (Lipinski definition) is 1. The summed E-state index contributed by atoms with van der Waals surface area (Å²) in [5, 5.41) is 3.11. The summed E-state index contributed by atoms with van der Waals surface area (Å²) < 4.78 is 0. The van der Waals surface area contributed by atoms with Gasteiger partial charge >= 0.3 is 0 Å². The second kappa shape index (κ2) is 6.56. The van der Waals surface area contributed by atoms with Crippen LogP contribution in [0.5, 0.6) is 0 Å². The highest BCUT2D eigenvalue weighted by Crippen LogP contribution is 2.15. The van der Waals surface area contributed by atoms with Crippen LogP contribution in [0.15, 0.2) is 11.8 Å². The van der Waals surface area contributed by atoms with Crippen LogP contribution in [-0.2, 0) is 4.79 Å². The Hall–Kier alpha value is -0.990. The van der Waals surface area contributed by atoms with Crippen molar-refractivity contribution in [3.05, 3.63) is 11.8 Å². The molecule has 92 valence electrons. The molecule has 16 heavy (non-hydrogen) atoms. The average Bonchev–Trinajstić information content (AvgIpc) is 2.29. The molecule has 3 nitrogen and oxygen atoms in total. The van der Waals surface area contributed by atoms with E-state index < -0.39 is 0 Å². The molecule has 1 rings (SSSR count). The van der Waals surface area contributed by atoms with Gasteiger partial charge in [0.05, 0.1) is 0 Å². The van der Waals surface area contributed by atoms with Gasteiger partial charge in [0.25, 0.3) is 0 Å². The van der Waals surface area contributed by atoms with Crippen molar-refractivity contribution in [2.24, 2.45) is 0 Å². The van der Waals surface area contributed by atoms with E-state index in [2.05, 4.69) is 30.1 Å². The third-order valence-electron chi connectivity index (χ3n) is 3.25. The van der Waals surface area contributed by atoms with Crippen molar-refractivity contribution in [3.63, 3.8) is 0 Å². The number of nitrogens with zero attached hydrogens (tertiary/aromatic N) is 1. The second-order valence-electron chi connectivity index (χ2n) is 4.51. The molecule has 1 aliphatic rings. The number of rotatable bonds is 4. The van der Waals surface area contributed by atoms with E-state index in [1.54, 1.807) is 0 Å². The predicted molar refractivity (Wildman–Crippen MR) is 67.1 cm³/mol. The Labute approximate surface area is 98.9 Å². The molecule has 0 spiro atoms. The van der Waals surface area contributed by atoms with Crippen LogP contribution in [-0.4, -0.2) is 29.9 Å². The summed E-state index contributed by atoms with van der Waals surface area (Å²) in [6, 6.07) is 0.389. The largest absolute Gasteiger partial charge is 0.375 e. The van der Waals surface area contributed by atoms with Gasteiger partial charge in [-0.25, -0.2) is 0 Å². The topological polar surface area (TPSA) is 32.3 Å². The molecule has 0 aliphatic carbocycles. The third-order valence-corrected chi connectivity index (χ3v) is 3.25. The molecule has 3 heteroatoms. The fourth-order valence-electron chi connectivity index (χ4n) is 2.09. The molecule has 0 bridgehead atoms. The molecule has 0 atom stereocenters. The molecule has 1 aliphatic heterocycles. The number of likely N-dealkylation sites (tertiary alicyclic amines) is 1. The van der Waals surface area contributed by atoms with E-state index >= 15 is 0 Å². The average molecular weight is 224 g/mol. The van der Waals surface area contributed by atoms with Crippen molar-refractivity contribution in [3.8, 4) is 0 Å². The summed E-state index contributed by atoms with van der Waals surface area (Å²) in [7, 11) is 0. The van der Waals surface area contributed by atoms with Crippen molar-refractivity contribution in [1.29, 1.82) is 0 Å². The number of piperidine rings is 1. The minimum atomic E-state index is 0.212. The first-order valence-corrected chi connectivity index (χ1v) is 6.34. The maximum atomic E-state index is 11.4. The van der Waals surface area contributed by atoms with E-state index in [1.165, 1.54) is 5.70 Å². The van der Waals surface area contributed by atoms with Gasteiger partial charge in [-0.2, -0.15) is 0 Å². The number of allylic oxidation sites excluding steroid dienone is 2. The van der Waals surface area contributed by atoms with Gasteiger partial charge < -0.3 is 10.2 Å². The fraction of sp³-hybridized carbons (Fsp3) is 0.769. The van der Waals surface area contributed by atoms with Crippen LogP contribution in [0.2, 0.25) is 0 Å². The molecule has 1 saturated heterocycles. The SMILES string of the molecule is CC=C(C)N1CCC(NC(=O)CCC)CC1. The van der Waals surface area contributed by atoms with Crippen LogP contribution in [0.4, 0.5) is 0 Å². The van der Waals surface area contributed by atoms with E-state index in [9.17, 15) is 4.79 Å². The van der Waals surface area contributed by atoms with Crippen molar-refractivity contribution >= 4 is 5.91 Å².